The fraction of sp³-hybridized carbons (Fsp3) is 0.375. The first kappa shape index (κ1) is 24.1. The van der Waals surface area contributed by atoms with Crippen molar-refractivity contribution in [2.45, 2.75) is 49.7 Å². The molecule has 180 valence electrons. The lowest BCUT2D eigenvalue weighted by molar-refractivity contribution is -0.140. The number of sulfonamides is 1. The van der Waals surface area contributed by atoms with Gasteiger partial charge in [-0.15, -0.1) is 0 Å². The van der Waals surface area contributed by atoms with Crippen molar-refractivity contribution >= 4 is 33.4 Å². The predicted molar refractivity (Wildman–Crippen MR) is 126 cm³/mol. The summed E-state index contributed by atoms with van der Waals surface area (Å²) < 4.78 is 23.0. The van der Waals surface area contributed by atoms with Gasteiger partial charge in [-0.3, -0.25) is 19.3 Å². The fourth-order valence-electron chi connectivity index (χ4n) is 4.82. The van der Waals surface area contributed by atoms with E-state index in [2.05, 4.69) is 17.0 Å². The van der Waals surface area contributed by atoms with E-state index in [4.69, 9.17) is 5.14 Å². The van der Waals surface area contributed by atoms with Crippen LogP contribution in [0.3, 0.4) is 0 Å². The number of nitrogens with two attached hydrogens (primary N) is 1. The highest BCUT2D eigenvalue weighted by Crippen LogP contribution is 2.30. The maximum absolute atomic E-state index is 13.3. The number of amides is 3. The molecule has 0 spiro atoms. The summed E-state index contributed by atoms with van der Waals surface area (Å²) in [5, 5.41) is 5.12. The Morgan fingerprint density at radius 3 is 2.21 bits per heavy atom. The van der Waals surface area contributed by atoms with Crippen LogP contribution >= 0.6 is 0 Å². The van der Waals surface area contributed by atoms with Gasteiger partial charge in [0.15, 0.2) is 0 Å². The molecule has 4 rings (SSSR count). The zero-order valence-corrected chi connectivity index (χ0v) is 19.8. The van der Waals surface area contributed by atoms with E-state index in [-0.39, 0.29) is 29.0 Å². The molecule has 2 heterocycles. The van der Waals surface area contributed by atoms with Gasteiger partial charge in [-0.1, -0.05) is 30.3 Å². The van der Waals surface area contributed by atoms with Gasteiger partial charge in [-0.05, 0) is 42.7 Å². The van der Waals surface area contributed by atoms with Crippen molar-refractivity contribution < 1.29 is 22.8 Å². The Labute approximate surface area is 199 Å². The minimum Gasteiger partial charge on any atom is -0.327 e. The van der Waals surface area contributed by atoms with Gasteiger partial charge in [-0.25, -0.2) is 18.5 Å². The number of primary sulfonamides is 1. The molecule has 34 heavy (non-hydrogen) atoms. The number of carbonyl (C=O) groups is 3. The van der Waals surface area contributed by atoms with Crippen LogP contribution in [0.2, 0.25) is 0 Å². The molecule has 1 atom stereocenters. The number of likely N-dealkylation sites (tertiary alicyclic amines) is 1. The first-order valence-electron chi connectivity index (χ1n) is 11.2. The number of rotatable bonds is 6. The molecule has 2 aliphatic heterocycles. The minimum atomic E-state index is -3.89. The highest BCUT2D eigenvalue weighted by molar-refractivity contribution is 7.89. The number of anilines is 1. The van der Waals surface area contributed by atoms with Gasteiger partial charge in [0.1, 0.15) is 6.04 Å². The third-order valence-electron chi connectivity index (χ3n) is 6.45. The predicted octanol–water partition coefficient (Wildman–Crippen LogP) is 1.48. The first-order chi connectivity index (χ1) is 16.1. The lowest BCUT2D eigenvalue weighted by Gasteiger charge is -2.40. The Morgan fingerprint density at radius 1 is 1.03 bits per heavy atom. The van der Waals surface area contributed by atoms with Crippen LogP contribution in [0.25, 0.3) is 0 Å². The van der Waals surface area contributed by atoms with Crippen molar-refractivity contribution in [2.24, 2.45) is 5.14 Å². The van der Waals surface area contributed by atoms with Crippen molar-refractivity contribution in [3.05, 3.63) is 60.2 Å². The topological polar surface area (TPSA) is 121 Å². The first-order valence-corrected chi connectivity index (χ1v) is 12.7. The van der Waals surface area contributed by atoms with E-state index < -0.39 is 27.9 Å². The average Bonchev–Trinajstić information content (AvgIpc) is 3.08. The SMILES string of the molecule is CC(=O)N(C1CCN(Cc2ccccc2)CC1)C1CC(=O)N(c2ccc(S(N)(=O)=O)cc2)C1=O. The van der Waals surface area contributed by atoms with Crippen LogP contribution in [-0.4, -0.2) is 61.1 Å². The molecule has 0 aromatic heterocycles. The second-order valence-corrected chi connectivity index (χ2v) is 10.3. The van der Waals surface area contributed by atoms with Gasteiger partial charge < -0.3 is 4.90 Å². The molecular weight excluding hydrogens is 456 g/mol. The van der Waals surface area contributed by atoms with Crippen molar-refractivity contribution in [3.63, 3.8) is 0 Å². The zero-order chi connectivity index (χ0) is 24.5. The Kier molecular flexibility index (Phi) is 6.83. The maximum atomic E-state index is 13.3. The van der Waals surface area contributed by atoms with Crippen molar-refractivity contribution in [3.8, 4) is 0 Å². The number of carbonyl (C=O) groups excluding carboxylic acids is 3. The summed E-state index contributed by atoms with van der Waals surface area (Å²) in [6.07, 6.45) is 1.33. The quantitative estimate of drug-likeness (QED) is 0.620. The molecule has 2 saturated heterocycles. The van der Waals surface area contributed by atoms with Crippen LogP contribution < -0.4 is 10.0 Å². The molecule has 0 saturated carbocycles. The van der Waals surface area contributed by atoms with E-state index in [0.717, 1.165) is 24.5 Å². The van der Waals surface area contributed by atoms with Gasteiger partial charge in [0.05, 0.1) is 17.0 Å². The second-order valence-electron chi connectivity index (χ2n) is 8.75. The monoisotopic (exact) mass is 484 g/mol. The number of nitrogens with zero attached hydrogens (tertiary/aromatic N) is 3. The molecule has 0 aliphatic carbocycles. The summed E-state index contributed by atoms with van der Waals surface area (Å²) in [6.45, 7) is 3.84. The molecule has 3 amide bonds. The Morgan fingerprint density at radius 2 is 1.65 bits per heavy atom. The van der Waals surface area contributed by atoms with Gasteiger partial charge in [0, 0.05) is 32.6 Å². The highest BCUT2D eigenvalue weighted by Gasteiger charge is 2.46. The Bertz CT molecular complexity index is 1180. The minimum absolute atomic E-state index is 0.0976. The van der Waals surface area contributed by atoms with Crippen molar-refractivity contribution in [1.29, 1.82) is 0 Å². The van der Waals surface area contributed by atoms with E-state index in [1.165, 1.54) is 36.8 Å². The lowest BCUT2D eigenvalue weighted by atomic mass is 9.99. The summed E-state index contributed by atoms with van der Waals surface area (Å²) >= 11 is 0. The fourth-order valence-corrected chi connectivity index (χ4v) is 5.33. The Hall–Kier alpha value is -3.08. The number of imide groups is 1. The maximum Gasteiger partial charge on any atom is 0.257 e. The van der Waals surface area contributed by atoms with Crippen LogP contribution in [0, 0.1) is 0 Å². The number of hydrogen-bond acceptors (Lipinski definition) is 6. The van der Waals surface area contributed by atoms with Crippen LogP contribution in [0.15, 0.2) is 59.5 Å². The summed E-state index contributed by atoms with van der Waals surface area (Å²) in [7, 11) is -3.89. The Balaban J connectivity index is 1.46. The smallest absolute Gasteiger partial charge is 0.257 e. The number of hydrogen-bond donors (Lipinski definition) is 1. The van der Waals surface area contributed by atoms with Crippen LogP contribution in [-0.2, 0) is 31.0 Å². The zero-order valence-electron chi connectivity index (χ0n) is 19.0. The third-order valence-corrected chi connectivity index (χ3v) is 7.37. The molecule has 2 aromatic rings. The lowest BCUT2D eigenvalue weighted by Crippen LogP contribution is -2.53. The normalized spacial score (nSPS) is 20.1. The summed E-state index contributed by atoms with van der Waals surface area (Å²) in [5.74, 6) is -1.14. The van der Waals surface area contributed by atoms with Gasteiger partial charge in [0.25, 0.3) is 5.91 Å². The second kappa shape index (κ2) is 9.65. The molecule has 2 N–H and O–H groups in total. The number of piperidine rings is 1. The van der Waals surface area contributed by atoms with E-state index in [0.29, 0.717) is 12.8 Å². The van der Waals surface area contributed by atoms with E-state index in [1.807, 2.05) is 18.2 Å². The van der Waals surface area contributed by atoms with Crippen LogP contribution in [0.1, 0.15) is 31.7 Å². The molecule has 0 bridgehead atoms. The largest absolute Gasteiger partial charge is 0.327 e. The van der Waals surface area contributed by atoms with Crippen LogP contribution in [0.5, 0.6) is 0 Å². The summed E-state index contributed by atoms with van der Waals surface area (Å²) in [6, 6.07) is 14.4. The summed E-state index contributed by atoms with van der Waals surface area (Å²) in [4.78, 5) is 43.4. The standard InChI is InChI=1S/C24H28N4O5S/c1-17(29)27(20-11-13-26(14-12-20)16-18-5-3-2-4-6-18)22-15-23(30)28(24(22)31)19-7-9-21(10-8-19)34(25,32)33/h2-10,20,22H,11-16H2,1H3,(H2,25,32,33). The number of benzene rings is 2. The molecule has 2 aliphatic rings. The van der Waals surface area contributed by atoms with E-state index >= 15 is 0 Å². The van der Waals surface area contributed by atoms with Gasteiger partial charge >= 0.3 is 0 Å². The molecule has 0 radical (unpaired) electrons. The van der Waals surface area contributed by atoms with Gasteiger partial charge in [0.2, 0.25) is 21.8 Å². The highest BCUT2D eigenvalue weighted by atomic mass is 32.2. The molecule has 9 nitrogen and oxygen atoms in total. The van der Waals surface area contributed by atoms with E-state index in [9.17, 15) is 22.8 Å². The van der Waals surface area contributed by atoms with Crippen molar-refractivity contribution in [1.82, 2.24) is 9.80 Å². The molecule has 10 heteroatoms. The third kappa shape index (κ3) is 5.03. The van der Waals surface area contributed by atoms with Crippen molar-refractivity contribution in [2.75, 3.05) is 18.0 Å². The van der Waals surface area contributed by atoms with Gasteiger partial charge in [-0.2, -0.15) is 0 Å². The summed E-state index contributed by atoms with van der Waals surface area (Å²) in [5.41, 5.74) is 1.48. The van der Waals surface area contributed by atoms with Crippen LogP contribution in [0.4, 0.5) is 5.69 Å². The molecular formula is C24H28N4O5S. The molecule has 1 unspecified atom stereocenters. The average molecular weight is 485 g/mol. The van der Waals surface area contributed by atoms with E-state index in [1.54, 1.807) is 4.90 Å². The molecule has 2 fully saturated rings. The molecule has 2 aromatic carbocycles.